The molecule has 1 aromatic carbocycles. The number of hydrogen-bond acceptors (Lipinski definition) is 5. The molecule has 0 saturated carbocycles. The second-order valence-corrected chi connectivity index (χ2v) is 4.30. The molecule has 0 fully saturated rings. The first-order valence-corrected chi connectivity index (χ1v) is 6.19. The van der Waals surface area contributed by atoms with E-state index < -0.39 is 0 Å². The minimum atomic E-state index is 0.677. The van der Waals surface area contributed by atoms with Crippen molar-refractivity contribution in [3.8, 4) is 0 Å². The highest BCUT2D eigenvalue weighted by molar-refractivity contribution is 7.07. The van der Waals surface area contributed by atoms with Gasteiger partial charge in [-0.05, 0) is 12.1 Å². The van der Waals surface area contributed by atoms with E-state index in [-0.39, 0.29) is 0 Å². The van der Waals surface area contributed by atoms with E-state index in [0.29, 0.717) is 6.54 Å². The normalized spacial score (nSPS) is 10.6. The molecule has 84 valence electrons. The Hall–Kier alpha value is -2.01. The van der Waals surface area contributed by atoms with Crippen LogP contribution in [0.4, 0.5) is 5.82 Å². The van der Waals surface area contributed by atoms with Crippen LogP contribution < -0.4 is 5.32 Å². The van der Waals surface area contributed by atoms with Crippen LogP contribution >= 0.6 is 11.3 Å². The van der Waals surface area contributed by atoms with Crippen molar-refractivity contribution in [3.63, 3.8) is 0 Å². The van der Waals surface area contributed by atoms with Gasteiger partial charge in [0, 0.05) is 5.38 Å². The highest BCUT2D eigenvalue weighted by Gasteiger charge is 1.99. The predicted molar refractivity (Wildman–Crippen MR) is 69.0 cm³/mol. The number of thiazole rings is 1. The Labute approximate surface area is 102 Å². The third-order valence-corrected chi connectivity index (χ3v) is 3.02. The molecule has 4 nitrogen and oxygen atoms in total. The lowest BCUT2D eigenvalue weighted by Gasteiger charge is -2.04. The van der Waals surface area contributed by atoms with Crippen LogP contribution in [-0.2, 0) is 6.54 Å². The molecule has 0 radical (unpaired) electrons. The second-order valence-electron chi connectivity index (χ2n) is 3.58. The Morgan fingerprint density at radius 2 is 2.00 bits per heavy atom. The van der Waals surface area contributed by atoms with Crippen LogP contribution in [0.25, 0.3) is 11.0 Å². The molecular formula is C12H10N4S. The summed E-state index contributed by atoms with van der Waals surface area (Å²) in [4.78, 5) is 13.0. The Bertz CT molecular complexity index is 621. The van der Waals surface area contributed by atoms with Gasteiger partial charge in [0.05, 0.1) is 35.0 Å². The van der Waals surface area contributed by atoms with Crippen molar-refractivity contribution in [1.29, 1.82) is 0 Å². The molecular weight excluding hydrogens is 232 g/mol. The molecule has 0 aliphatic rings. The average molecular weight is 242 g/mol. The highest BCUT2D eigenvalue weighted by Crippen LogP contribution is 2.12. The van der Waals surface area contributed by atoms with E-state index in [4.69, 9.17) is 0 Å². The number of para-hydroxylation sites is 2. The van der Waals surface area contributed by atoms with E-state index >= 15 is 0 Å². The first-order valence-electron chi connectivity index (χ1n) is 5.24. The number of nitrogens with one attached hydrogen (secondary N) is 1. The van der Waals surface area contributed by atoms with Crippen LogP contribution in [-0.4, -0.2) is 15.0 Å². The van der Waals surface area contributed by atoms with E-state index in [2.05, 4.69) is 20.3 Å². The Morgan fingerprint density at radius 1 is 1.12 bits per heavy atom. The number of anilines is 1. The van der Waals surface area contributed by atoms with Gasteiger partial charge in [-0.1, -0.05) is 12.1 Å². The van der Waals surface area contributed by atoms with Gasteiger partial charge in [-0.15, -0.1) is 11.3 Å². The van der Waals surface area contributed by atoms with Crippen LogP contribution in [0.3, 0.4) is 0 Å². The molecule has 0 spiro atoms. The molecule has 3 rings (SSSR count). The van der Waals surface area contributed by atoms with Crippen molar-refractivity contribution in [2.45, 2.75) is 6.54 Å². The summed E-state index contributed by atoms with van der Waals surface area (Å²) in [7, 11) is 0. The van der Waals surface area contributed by atoms with Crippen LogP contribution in [0.2, 0.25) is 0 Å². The van der Waals surface area contributed by atoms with Gasteiger partial charge in [0.1, 0.15) is 5.82 Å². The number of aromatic nitrogens is 3. The zero-order valence-electron chi connectivity index (χ0n) is 9.00. The summed E-state index contributed by atoms with van der Waals surface area (Å²) in [6, 6.07) is 7.82. The molecule has 0 amide bonds. The van der Waals surface area contributed by atoms with Gasteiger partial charge in [-0.25, -0.2) is 9.97 Å². The highest BCUT2D eigenvalue weighted by atomic mass is 32.1. The smallest absolute Gasteiger partial charge is 0.145 e. The standard InChI is InChI=1S/C12H10N4S/c1-2-4-11-10(3-1)13-6-12(16-11)14-5-9-7-17-8-15-9/h1-4,6-8H,5H2,(H,14,16). The number of rotatable bonds is 3. The first kappa shape index (κ1) is 10.2. The van der Waals surface area contributed by atoms with E-state index in [1.165, 1.54) is 0 Å². The van der Waals surface area contributed by atoms with Gasteiger partial charge in [0.25, 0.3) is 0 Å². The minimum absolute atomic E-state index is 0.677. The number of benzene rings is 1. The number of fused-ring (bicyclic) bond motifs is 1. The maximum atomic E-state index is 4.48. The van der Waals surface area contributed by atoms with Crippen LogP contribution in [0, 0.1) is 0 Å². The molecule has 0 aliphatic heterocycles. The fourth-order valence-corrected chi connectivity index (χ4v) is 2.11. The summed E-state index contributed by atoms with van der Waals surface area (Å²) in [5.41, 5.74) is 4.65. The van der Waals surface area contributed by atoms with Crippen molar-refractivity contribution < 1.29 is 0 Å². The first-order chi connectivity index (χ1) is 8.42. The topological polar surface area (TPSA) is 50.7 Å². The summed E-state index contributed by atoms with van der Waals surface area (Å²) in [5, 5.41) is 5.23. The fourth-order valence-electron chi connectivity index (χ4n) is 1.55. The average Bonchev–Trinajstić information content (AvgIpc) is 2.89. The molecule has 17 heavy (non-hydrogen) atoms. The van der Waals surface area contributed by atoms with E-state index in [1.54, 1.807) is 17.5 Å². The zero-order chi connectivity index (χ0) is 11.5. The third kappa shape index (κ3) is 2.24. The van der Waals surface area contributed by atoms with E-state index in [0.717, 1.165) is 22.5 Å². The summed E-state index contributed by atoms with van der Waals surface area (Å²) < 4.78 is 0. The zero-order valence-corrected chi connectivity index (χ0v) is 9.81. The van der Waals surface area contributed by atoms with Gasteiger partial charge in [-0.2, -0.15) is 0 Å². The number of nitrogens with zero attached hydrogens (tertiary/aromatic N) is 3. The SMILES string of the molecule is c1ccc2nc(NCc3cscn3)cnc2c1. The van der Waals surface area contributed by atoms with Crippen LogP contribution in [0.5, 0.6) is 0 Å². The van der Waals surface area contributed by atoms with E-state index in [9.17, 15) is 0 Å². The van der Waals surface area contributed by atoms with Crippen molar-refractivity contribution in [2.75, 3.05) is 5.32 Å². The van der Waals surface area contributed by atoms with Crippen molar-refractivity contribution in [3.05, 3.63) is 47.0 Å². The second kappa shape index (κ2) is 4.47. The lowest BCUT2D eigenvalue weighted by molar-refractivity contribution is 1.05. The molecule has 2 aromatic heterocycles. The summed E-state index contributed by atoms with van der Waals surface area (Å²) in [6.07, 6.45) is 1.74. The lowest BCUT2D eigenvalue weighted by atomic mass is 10.3. The maximum Gasteiger partial charge on any atom is 0.145 e. The van der Waals surface area contributed by atoms with Gasteiger partial charge in [0.15, 0.2) is 0 Å². The van der Waals surface area contributed by atoms with Crippen molar-refractivity contribution >= 4 is 28.2 Å². The molecule has 0 bridgehead atoms. The molecule has 3 aromatic rings. The summed E-state index contributed by atoms with van der Waals surface area (Å²) in [6.45, 7) is 0.677. The molecule has 1 N–H and O–H groups in total. The molecule has 0 atom stereocenters. The fraction of sp³-hybridized carbons (Fsp3) is 0.0833. The van der Waals surface area contributed by atoms with E-state index in [1.807, 2.05) is 35.2 Å². The molecule has 5 heteroatoms. The maximum absolute atomic E-state index is 4.48. The quantitative estimate of drug-likeness (QED) is 0.767. The van der Waals surface area contributed by atoms with Gasteiger partial charge in [0.2, 0.25) is 0 Å². The minimum Gasteiger partial charge on any atom is -0.363 e. The van der Waals surface area contributed by atoms with Crippen LogP contribution in [0.15, 0.2) is 41.4 Å². The molecule has 2 heterocycles. The molecule has 0 aliphatic carbocycles. The van der Waals surface area contributed by atoms with Gasteiger partial charge >= 0.3 is 0 Å². The summed E-state index contributed by atoms with van der Waals surface area (Å²) in [5.74, 6) is 0.775. The molecule has 0 unspecified atom stereocenters. The van der Waals surface area contributed by atoms with Crippen LogP contribution in [0.1, 0.15) is 5.69 Å². The predicted octanol–water partition coefficient (Wildman–Crippen LogP) is 2.70. The lowest BCUT2D eigenvalue weighted by Crippen LogP contribution is -2.02. The van der Waals surface area contributed by atoms with Crippen molar-refractivity contribution in [1.82, 2.24) is 15.0 Å². The summed E-state index contributed by atoms with van der Waals surface area (Å²) >= 11 is 1.59. The third-order valence-electron chi connectivity index (χ3n) is 2.38. The van der Waals surface area contributed by atoms with Gasteiger partial charge in [-0.3, -0.25) is 4.98 Å². The largest absolute Gasteiger partial charge is 0.363 e. The Morgan fingerprint density at radius 3 is 2.82 bits per heavy atom. The Balaban J connectivity index is 1.81. The monoisotopic (exact) mass is 242 g/mol. The van der Waals surface area contributed by atoms with Crippen molar-refractivity contribution in [2.24, 2.45) is 0 Å². The van der Waals surface area contributed by atoms with Gasteiger partial charge < -0.3 is 5.32 Å². The molecule has 0 saturated heterocycles. The number of hydrogen-bond donors (Lipinski definition) is 1. The Kier molecular flexibility index (Phi) is 2.67.